The average Bonchev–Trinajstić information content (AvgIpc) is 3.74. The summed E-state index contributed by atoms with van der Waals surface area (Å²) < 4.78 is 34.3. The minimum atomic E-state index is -2.86. The number of terminal acetylenes is 1. The Morgan fingerprint density at radius 3 is 2.32 bits per heavy atom. The number of halogens is 2. The molecule has 1 amide bonds. The molecule has 1 heterocycles. The van der Waals surface area contributed by atoms with Crippen molar-refractivity contribution in [3.8, 4) is 30.4 Å². The Kier molecular flexibility index (Phi) is 14.1. The van der Waals surface area contributed by atoms with Gasteiger partial charge in [0.2, 0.25) is 0 Å². The molecule has 6 nitrogen and oxygen atoms in total. The molecule has 0 bridgehead atoms. The number of alkyl halides is 2. The number of guanidine groups is 1. The van der Waals surface area contributed by atoms with Gasteiger partial charge >= 0.3 is 6.61 Å². The predicted octanol–water partition coefficient (Wildman–Crippen LogP) is 5.34. The summed E-state index contributed by atoms with van der Waals surface area (Å²) in [6.07, 6.45) is 10.7. The van der Waals surface area contributed by atoms with Crippen LogP contribution in [0.5, 0.6) is 5.75 Å². The summed E-state index contributed by atoms with van der Waals surface area (Å²) >= 11 is 0. The summed E-state index contributed by atoms with van der Waals surface area (Å²) in [6, 6.07) is 14.1. The van der Waals surface area contributed by atoms with Crippen molar-refractivity contribution in [3.63, 3.8) is 0 Å². The van der Waals surface area contributed by atoms with E-state index in [0.717, 1.165) is 24.8 Å². The highest BCUT2D eigenvalue weighted by atomic mass is 19.3. The van der Waals surface area contributed by atoms with Gasteiger partial charge in [-0.15, -0.1) is 12.8 Å². The SMILES string of the molecule is C#C.CC.CN1C(=O)[C@H](c2ccc(OC(F)F)c(C3CC3)c2)N=C1N.COCCC#Cc1ccccc1. The van der Waals surface area contributed by atoms with Crippen molar-refractivity contribution in [1.82, 2.24) is 4.90 Å². The van der Waals surface area contributed by atoms with Gasteiger partial charge in [-0.2, -0.15) is 8.78 Å². The summed E-state index contributed by atoms with van der Waals surface area (Å²) in [5.74, 6) is 6.40. The van der Waals surface area contributed by atoms with Crippen molar-refractivity contribution in [2.45, 2.75) is 51.7 Å². The molecule has 2 aromatic rings. The molecule has 37 heavy (non-hydrogen) atoms. The molecular weight excluding hydrogens is 476 g/mol. The van der Waals surface area contributed by atoms with Gasteiger partial charge in [0, 0.05) is 26.1 Å². The fourth-order valence-corrected chi connectivity index (χ4v) is 3.28. The van der Waals surface area contributed by atoms with Crippen molar-refractivity contribution >= 4 is 11.9 Å². The van der Waals surface area contributed by atoms with E-state index in [0.29, 0.717) is 17.7 Å². The number of benzene rings is 2. The van der Waals surface area contributed by atoms with E-state index in [1.165, 1.54) is 11.0 Å². The first-order chi connectivity index (χ1) is 17.9. The van der Waals surface area contributed by atoms with Crippen molar-refractivity contribution in [2.24, 2.45) is 10.7 Å². The molecule has 4 rings (SSSR count). The highest BCUT2D eigenvalue weighted by molar-refractivity contribution is 6.04. The largest absolute Gasteiger partial charge is 0.435 e. The summed E-state index contributed by atoms with van der Waals surface area (Å²) in [4.78, 5) is 17.5. The van der Waals surface area contributed by atoms with Crippen LogP contribution in [-0.4, -0.2) is 44.1 Å². The van der Waals surface area contributed by atoms with E-state index in [2.05, 4.69) is 34.4 Å². The second-order valence-electron chi connectivity index (χ2n) is 7.65. The third-order valence-electron chi connectivity index (χ3n) is 5.19. The second-order valence-corrected chi connectivity index (χ2v) is 7.65. The molecule has 2 N–H and O–H groups in total. The van der Waals surface area contributed by atoms with Gasteiger partial charge in [-0.25, -0.2) is 4.99 Å². The van der Waals surface area contributed by atoms with Crippen LogP contribution in [0.15, 0.2) is 53.5 Å². The molecule has 0 radical (unpaired) electrons. The van der Waals surface area contributed by atoms with E-state index >= 15 is 0 Å². The number of nitrogens with zero attached hydrogens (tertiary/aromatic N) is 2. The molecule has 0 saturated heterocycles. The zero-order chi connectivity index (χ0) is 27.8. The highest BCUT2D eigenvalue weighted by Crippen LogP contribution is 2.45. The normalized spacial score (nSPS) is 15.5. The number of nitrogens with two attached hydrogens (primary N) is 1. The van der Waals surface area contributed by atoms with Gasteiger partial charge in [-0.3, -0.25) is 9.69 Å². The molecule has 0 aromatic heterocycles. The van der Waals surface area contributed by atoms with Crippen LogP contribution in [0, 0.1) is 24.7 Å². The number of aliphatic imine (C=N–C) groups is 1. The van der Waals surface area contributed by atoms with Crippen LogP contribution in [0.2, 0.25) is 0 Å². The van der Waals surface area contributed by atoms with E-state index in [-0.39, 0.29) is 23.5 Å². The lowest BCUT2D eigenvalue weighted by Crippen LogP contribution is -2.34. The number of hydrogen-bond donors (Lipinski definition) is 1. The Morgan fingerprint density at radius 2 is 1.81 bits per heavy atom. The van der Waals surface area contributed by atoms with Crippen LogP contribution < -0.4 is 10.5 Å². The number of hydrogen-bond acceptors (Lipinski definition) is 5. The van der Waals surface area contributed by atoms with Gasteiger partial charge in [0.15, 0.2) is 12.0 Å². The van der Waals surface area contributed by atoms with E-state index in [9.17, 15) is 13.6 Å². The third-order valence-corrected chi connectivity index (χ3v) is 5.19. The molecule has 1 aliphatic carbocycles. The van der Waals surface area contributed by atoms with Crippen LogP contribution in [0.25, 0.3) is 0 Å². The molecule has 1 aliphatic heterocycles. The monoisotopic (exact) mass is 511 g/mol. The van der Waals surface area contributed by atoms with Crippen molar-refractivity contribution in [2.75, 3.05) is 20.8 Å². The van der Waals surface area contributed by atoms with Gasteiger partial charge in [0.25, 0.3) is 5.91 Å². The molecule has 1 saturated carbocycles. The molecule has 0 unspecified atom stereocenters. The quantitative estimate of drug-likeness (QED) is 0.419. The van der Waals surface area contributed by atoms with Gasteiger partial charge in [-0.1, -0.05) is 50.0 Å². The summed E-state index contributed by atoms with van der Waals surface area (Å²) in [5, 5.41) is 0. The van der Waals surface area contributed by atoms with Crippen molar-refractivity contribution in [3.05, 3.63) is 65.2 Å². The molecule has 1 fully saturated rings. The standard InChI is InChI=1S/C14H15F2N3O2.C11H12O.C2H6.C2H2/c1-19-12(20)11(18-14(19)17)8-4-5-10(21-13(15)16)9(6-8)7-2-3-7;1-12-10-6-5-9-11-7-3-2-4-8-11;2*1-2/h4-7,11,13H,2-3H2,1H3,(H2,17,18);2-4,7-8H,6,10H2,1H3;1-2H3;1-2H/t11-;;;/m0.../s1. The number of carbonyl (C=O) groups excluding carboxylic acids is 1. The molecule has 2 aromatic carbocycles. The smallest absolute Gasteiger partial charge is 0.387 e. The number of ether oxygens (including phenoxy) is 2. The lowest BCUT2D eigenvalue weighted by Gasteiger charge is -2.14. The first-order valence-electron chi connectivity index (χ1n) is 12.0. The molecule has 0 spiro atoms. The van der Waals surface area contributed by atoms with Crippen LogP contribution in [0.3, 0.4) is 0 Å². The maximum Gasteiger partial charge on any atom is 0.387 e. The number of amides is 1. The molecule has 198 valence electrons. The van der Waals surface area contributed by atoms with Gasteiger partial charge < -0.3 is 15.2 Å². The molecular formula is C29H35F2N3O3. The van der Waals surface area contributed by atoms with Crippen LogP contribution in [0.4, 0.5) is 8.78 Å². The van der Waals surface area contributed by atoms with Crippen molar-refractivity contribution < 1.29 is 23.0 Å². The maximum atomic E-state index is 12.4. The first kappa shape index (κ1) is 31.2. The Balaban J connectivity index is 0.000000365. The summed E-state index contributed by atoms with van der Waals surface area (Å²) in [6.45, 7) is 1.85. The van der Waals surface area contributed by atoms with E-state index in [1.54, 1.807) is 26.3 Å². The minimum Gasteiger partial charge on any atom is -0.435 e. The van der Waals surface area contributed by atoms with Gasteiger partial charge in [0.1, 0.15) is 5.75 Å². The summed E-state index contributed by atoms with van der Waals surface area (Å²) in [5.41, 5.74) is 8.06. The first-order valence-corrected chi connectivity index (χ1v) is 12.0. The predicted molar refractivity (Wildman–Crippen MR) is 143 cm³/mol. The Morgan fingerprint density at radius 1 is 1.16 bits per heavy atom. The van der Waals surface area contributed by atoms with E-state index in [1.807, 2.05) is 44.2 Å². The van der Waals surface area contributed by atoms with E-state index in [4.69, 9.17) is 10.5 Å². The molecule has 1 atom stereocenters. The average molecular weight is 512 g/mol. The minimum absolute atomic E-state index is 0.158. The van der Waals surface area contributed by atoms with E-state index < -0.39 is 12.7 Å². The van der Waals surface area contributed by atoms with Gasteiger partial charge in [-0.05, 0) is 54.2 Å². The highest BCUT2D eigenvalue weighted by Gasteiger charge is 2.34. The Hall–Kier alpha value is -3.88. The Labute approximate surface area is 218 Å². The number of likely N-dealkylation sites (N-methyl/N-ethyl adjacent to an activating group) is 1. The van der Waals surface area contributed by atoms with Crippen LogP contribution in [0.1, 0.15) is 61.8 Å². The third kappa shape index (κ3) is 9.95. The topological polar surface area (TPSA) is 77.2 Å². The van der Waals surface area contributed by atoms with Crippen LogP contribution >= 0.6 is 0 Å². The number of carbonyl (C=O) groups is 1. The molecule has 8 heteroatoms. The molecule has 2 aliphatic rings. The zero-order valence-electron chi connectivity index (χ0n) is 21.8. The Bertz CT molecular complexity index is 1090. The second kappa shape index (κ2) is 16.7. The zero-order valence-corrected chi connectivity index (χ0v) is 21.8. The van der Waals surface area contributed by atoms with Crippen molar-refractivity contribution in [1.29, 1.82) is 0 Å². The fraction of sp³-hybridized carbons (Fsp3) is 0.379. The maximum absolute atomic E-state index is 12.4. The fourth-order valence-electron chi connectivity index (χ4n) is 3.28. The van der Waals surface area contributed by atoms with Gasteiger partial charge in [0.05, 0.1) is 6.61 Å². The van der Waals surface area contributed by atoms with Crippen LogP contribution in [-0.2, 0) is 9.53 Å². The summed E-state index contributed by atoms with van der Waals surface area (Å²) in [7, 11) is 3.24. The lowest BCUT2D eigenvalue weighted by molar-refractivity contribution is -0.126. The number of rotatable bonds is 6. The lowest BCUT2D eigenvalue weighted by atomic mass is 10.0. The number of methoxy groups -OCH3 is 1.